The summed E-state index contributed by atoms with van der Waals surface area (Å²) in [6.45, 7) is 1.92. The molecule has 6 nitrogen and oxygen atoms in total. The van der Waals surface area contributed by atoms with Crippen molar-refractivity contribution in [3.8, 4) is 5.75 Å². The summed E-state index contributed by atoms with van der Waals surface area (Å²) in [6.07, 6.45) is 2.03. The minimum Gasteiger partial charge on any atom is -0.508 e. The number of hydrogen-bond acceptors (Lipinski definition) is 4. The monoisotopic (exact) mass is 336 g/mol. The molecule has 1 fully saturated rings. The number of benzene rings is 2. The number of para-hydroxylation sites is 1. The molecule has 0 spiro atoms. The van der Waals surface area contributed by atoms with Crippen LogP contribution in [0, 0.1) is 0 Å². The van der Waals surface area contributed by atoms with E-state index in [1.165, 1.54) is 18.2 Å². The maximum atomic E-state index is 12.8. The highest BCUT2D eigenvalue weighted by molar-refractivity contribution is 6.39. The van der Waals surface area contributed by atoms with Gasteiger partial charge in [0.15, 0.2) is 0 Å². The van der Waals surface area contributed by atoms with Gasteiger partial charge in [0.1, 0.15) is 11.3 Å². The van der Waals surface area contributed by atoms with Crippen molar-refractivity contribution in [3.05, 3.63) is 65.2 Å². The average molecular weight is 336 g/mol. The number of phenols is 1. The van der Waals surface area contributed by atoms with E-state index in [0.29, 0.717) is 17.7 Å². The van der Waals surface area contributed by atoms with Gasteiger partial charge in [-0.05, 0) is 41.8 Å². The van der Waals surface area contributed by atoms with Gasteiger partial charge in [0.25, 0.3) is 11.8 Å². The molecule has 0 saturated carbocycles. The van der Waals surface area contributed by atoms with E-state index in [1.807, 2.05) is 19.1 Å². The Bertz CT molecular complexity index is 885. The molecule has 0 bridgehead atoms. The van der Waals surface area contributed by atoms with Gasteiger partial charge in [0, 0.05) is 0 Å². The number of aryl methyl sites for hydroxylation is 1. The number of rotatable bonds is 3. The zero-order chi connectivity index (χ0) is 18.0. The second-order valence-corrected chi connectivity index (χ2v) is 5.53. The Morgan fingerprint density at radius 3 is 2.40 bits per heavy atom. The molecule has 3 rings (SSSR count). The molecule has 25 heavy (non-hydrogen) atoms. The van der Waals surface area contributed by atoms with E-state index < -0.39 is 17.8 Å². The Morgan fingerprint density at radius 1 is 1.04 bits per heavy atom. The average Bonchev–Trinajstić information content (AvgIpc) is 2.60. The summed E-state index contributed by atoms with van der Waals surface area (Å²) in [5.74, 6) is -1.34. The van der Waals surface area contributed by atoms with Gasteiger partial charge in [-0.1, -0.05) is 37.3 Å². The Balaban J connectivity index is 2.04. The number of barbiturate groups is 1. The van der Waals surface area contributed by atoms with Crippen molar-refractivity contribution in [1.29, 1.82) is 0 Å². The molecule has 1 aliphatic heterocycles. The number of nitrogens with one attached hydrogen (secondary N) is 1. The number of carbonyl (C=O) groups is 3. The molecule has 6 heteroatoms. The van der Waals surface area contributed by atoms with Crippen LogP contribution in [0.1, 0.15) is 18.1 Å². The van der Waals surface area contributed by atoms with Crippen LogP contribution in [0.5, 0.6) is 5.75 Å². The van der Waals surface area contributed by atoms with Crippen molar-refractivity contribution >= 4 is 29.6 Å². The third-order valence-corrected chi connectivity index (χ3v) is 3.92. The predicted molar refractivity (Wildman–Crippen MR) is 92.9 cm³/mol. The lowest BCUT2D eigenvalue weighted by Gasteiger charge is -2.27. The maximum absolute atomic E-state index is 12.8. The Hall–Kier alpha value is -3.41. The molecule has 1 saturated heterocycles. The van der Waals surface area contributed by atoms with Crippen LogP contribution >= 0.6 is 0 Å². The molecule has 4 amide bonds. The zero-order valence-electron chi connectivity index (χ0n) is 13.5. The van der Waals surface area contributed by atoms with Gasteiger partial charge in [0.2, 0.25) is 0 Å². The lowest BCUT2D eigenvalue weighted by atomic mass is 10.0. The number of anilines is 1. The molecule has 0 aromatic heterocycles. The summed E-state index contributed by atoms with van der Waals surface area (Å²) in [4.78, 5) is 38.2. The molecule has 0 aliphatic carbocycles. The number of nitrogens with zero attached hydrogens (tertiary/aromatic N) is 1. The highest BCUT2D eigenvalue weighted by Crippen LogP contribution is 2.26. The number of aromatic hydroxyl groups is 1. The summed E-state index contributed by atoms with van der Waals surface area (Å²) >= 11 is 0. The van der Waals surface area contributed by atoms with Crippen LogP contribution in [-0.4, -0.2) is 23.0 Å². The van der Waals surface area contributed by atoms with Gasteiger partial charge in [0.05, 0.1) is 5.69 Å². The third-order valence-electron chi connectivity index (χ3n) is 3.92. The van der Waals surface area contributed by atoms with Gasteiger partial charge < -0.3 is 5.11 Å². The molecular weight excluding hydrogens is 320 g/mol. The number of urea groups is 1. The van der Waals surface area contributed by atoms with E-state index in [4.69, 9.17) is 0 Å². The molecule has 2 aromatic carbocycles. The molecule has 0 unspecified atom stereocenters. The van der Waals surface area contributed by atoms with E-state index in [1.54, 1.807) is 24.3 Å². The number of amides is 4. The summed E-state index contributed by atoms with van der Waals surface area (Å²) in [5, 5.41) is 11.5. The first-order valence-electron chi connectivity index (χ1n) is 7.79. The molecule has 1 aliphatic rings. The lowest BCUT2D eigenvalue weighted by Crippen LogP contribution is -2.54. The number of hydrogen-bond donors (Lipinski definition) is 2. The van der Waals surface area contributed by atoms with Crippen LogP contribution in [0.25, 0.3) is 6.08 Å². The first-order valence-corrected chi connectivity index (χ1v) is 7.79. The van der Waals surface area contributed by atoms with Crippen LogP contribution in [0.3, 0.4) is 0 Å². The van der Waals surface area contributed by atoms with E-state index in [0.717, 1.165) is 10.5 Å². The first-order chi connectivity index (χ1) is 12.0. The zero-order valence-corrected chi connectivity index (χ0v) is 13.5. The van der Waals surface area contributed by atoms with Gasteiger partial charge in [-0.15, -0.1) is 0 Å². The number of imide groups is 2. The van der Waals surface area contributed by atoms with Crippen LogP contribution < -0.4 is 10.2 Å². The molecule has 0 radical (unpaired) electrons. The van der Waals surface area contributed by atoms with Crippen LogP contribution in [-0.2, 0) is 16.0 Å². The summed E-state index contributed by atoms with van der Waals surface area (Å²) in [5.41, 5.74) is 1.70. The maximum Gasteiger partial charge on any atom is 0.335 e. The highest BCUT2D eigenvalue weighted by atomic mass is 16.3. The molecule has 0 atom stereocenters. The number of carbonyl (C=O) groups excluding carboxylic acids is 3. The summed E-state index contributed by atoms with van der Waals surface area (Å²) < 4.78 is 0. The molecule has 126 valence electrons. The molecule has 1 heterocycles. The minimum absolute atomic E-state index is 0.0789. The largest absolute Gasteiger partial charge is 0.508 e. The van der Waals surface area contributed by atoms with Crippen LogP contribution in [0.2, 0.25) is 0 Å². The normalized spacial score (nSPS) is 16.3. The quantitative estimate of drug-likeness (QED) is 0.666. The van der Waals surface area contributed by atoms with Crippen molar-refractivity contribution in [3.63, 3.8) is 0 Å². The lowest BCUT2D eigenvalue weighted by molar-refractivity contribution is -0.122. The topological polar surface area (TPSA) is 86.7 Å². The Labute approximate surface area is 144 Å². The Morgan fingerprint density at radius 2 is 1.72 bits per heavy atom. The minimum atomic E-state index is -0.765. The van der Waals surface area contributed by atoms with Gasteiger partial charge in [-0.3, -0.25) is 14.9 Å². The van der Waals surface area contributed by atoms with Crippen molar-refractivity contribution < 1.29 is 19.5 Å². The highest BCUT2D eigenvalue weighted by Gasteiger charge is 2.37. The SMILES string of the molecule is CCc1ccccc1N1C(=O)NC(=O)C(=Cc2ccc(O)cc2)C1=O. The molecular formula is C19H16N2O4. The second-order valence-electron chi connectivity index (χ2n) is 5.53. The van der Waals surface area contributed by atoms with Gasteiger partial charge in [-0.25, -0.2) is 9.69 Å². The van der Waals surface area contributed by atoms with Crippen molar-refractivity contribution in [2.24, 2.45) is 0 Å². The molecule has 2 N–H and O–H groups in total. The van der Waals surface area contributed by atoms with Crippen molar-refractivity contribution in [1.82, 2.24) is 5.32 Å². The van der Waals surface area contributed by atoms with E-state index in [9.17, 15) is 19.5 Å². The van der Waals surface area contributed by atoms with E-state index in [-0.39, 0.29) is 11.3 Å². The third kappa shape index (κ3) is 3.14. The fraction of sp³-hybridized carbons (Fsp3) is 0.105. The molecule has 2 aromatic rings. The Kier molecular flexibility index (Phi) is 4.35. The van der Waals surface area contributed by atoms with Crippen LogP contribution in [0.15, 0.2) is 54.1 Å². The van der Waals surface area contributed by atoms with E-state index in [2.05, 4.69) is 5.32 Å². The first kappa shape index (κ1) is 16.4. The smallest absolute Gasteiger partial charge is 0.335 e. The van der Waals surface area contributed by atoms with Gasteiger partial charge >= 0.3 is 6.03 Å². The van der Waals surface area contributed by atoms with E-state index >= 15 is 0 Å². The standard InChI is InChI=1S/C19H16N2O4/c1-2-13-5-3-4-6-16(13)21-18(24)15(17(23)20-19(21)25)11-12-7-9-14(22)10-8-12/h3-11,22H,2H2,1H3,(H,20,23,25). The number of phenolic OH excluding ortho intramolecular Hbond substituents is 1. The van der Waals surface area contributed by atoms with Crippen molar-refractivity contribution in [2.45, 2.75) is 13.3 Å². The van der Waals surface area contributed by atoms with Gasteiger partial charge in [-0.2, -0.15) is 0 Å². The second kappa shape index (κ2) is 6.60. The fourth-order valence-corrected chi connectivity index (χ4v) is 2.64. The van der Waals surface area contributed by atoms with Crippen LogP contribution in [0.4, 0.5) is 10.5 Å². The predicted octanol–water partition coefficient (Wildman–Crippen LogP) is 2.62. The summed E-state index contributed by atoms with van der Waals surface area (Å²) in [7, 11) is 0. The fourth-order valence-electron chi connectivity index (χ4n) is 2.64. The summed E-state index contributed by atoms with van der Waals surface area (Å²) in [6, 6.07) is 12.3. The van der Waals surface area contributed by atoms with Crippen molar-refractivity contribution in [2.75, 3.05) is 4.90 Å².